The average Bonchev–Trinajstić information content (AvgIpc) is 3.68. The van der Waals surface area contributed by atoms with Gasteiger partial charge in [-0.1, -0.05) is 30.3 Å². The van der Waals surface area contributed by atoms with Crippen molar-refractivity contribution in [1.29, 1.82) is 0 Å². The number of amides is 2. The molecule has 2 aromatic carbocycles. The van der Waals surface area contributed by atoms with E-state index in [2.05, 4.69) is 3.21 Å². The minimum atomic E-state index is -0.592. The van der Waals surface area contributed by atoms with Gasteiger partial charge in [0.1, 0.15) is 11.5 Å². The molecular formula is C24H22BFIN3O3. The van der Waals surface area contributed by atoms with Crippen LogP contribution in [0.4, 0.5) is 4.39 Å². The zero-order valence-corrected chi connectivity index (χ0v) is 20.1. The van der Waals surface area contributed by atoms with Crippen LogP contribution >= 0.6 is 22.9 Å². The SMILES string of the molecule is [B]C(=O)c1ccccc1C(Cc1ccc(F)c(C(=O)N2CCN(C(=O)C3CC3)CC2)c1)=NI. The second-order valence-corrected chi connectivity index (χ2v) is 8.81. The summed E-state index contributed by atoms with van der Waals surface area (Å²) in [6.07, 6.45) is 2.20. The van der Waals surface area contributed by atoms with Gasteiger partial charge in [0, 0.05) is 49.6 Å². The van der Waals surface area contributed by atoms with Gasteiger partial charge in [-0.2, -0.15) is 0 Å². The van der Waals surface area contributed by atoms with Crippen LogP contribution in [0.25, 0.3) is 0 Å². The molecular weight excluding hydrogens is 535 g/mol. The van der Waals surface area contributed by atoms with Crippen molar-refractivity contribution in [2.75, 3.05) is 26.2 Å². The Kier molecular flexibility index (Phi) is 7.26. The number of hydrogen-bond donors (Lipinski definition) is 0. The Labute approximate surface area is 207 Å². The van der Waals surface area contributed by atoms with Gasteiger partial charge >= 0.3 is 0 Å². The molecule has 4 rings (SSSR count). The van der Waals surface area contributed by atoms with Crippen molar-refractivity contribution in [1.82, 2.24) is 9.80 Å². The minimum absolute atomic E-state index is 0.00883. The highest BCUT2D eigenvalue weighted by Crippen LogP contribution is 2.31. The number of carbonyl (C=O) groups is 3. The number of nitrogens with zero attached hydrogens (tertiary/aromatic N) is 3. The summed E-state index contributed by atoms with van der Waals surface area (Å²) in [5.41, 5.74) is 1.68. The van der Waals surface area contributed by atoms with E-state index in [0.29, 0.717) is 55.0 Å². The summed E-state index contributed by atoms with van der Waals surface area (Å²) in [7, 11) is 5.49. The smallest absolute Gasteiger partial charge is 0.256 e. The number of benzene rings is 2. The summed E-state index contributed by atoms with van der Waals surface area (Å²) >= 11 is 1.85. The molecule has 1 aliphatic heterocycles. The van der Waals surface area contributed by atoms with Crippen molar-refractivity contribution in [2.45, 2.75) is 19.3 Å². The zero-order valence-electron chi connectivity index (χ0n) is 18.0. The van der Waals surface area contributed by atoms with Crippen molar-refractivity contribution in [3.8, 4) is 0 Å². The van der Waals surface area contributed by atoms with Crippen LogP contribution < -0.4 is 0 Å². The van der Waals surface area contributed by atoms with E-state index in [1.807, 2.05) is 22.9 Å². The first-order valence-electron chi connectivity index (χ1n) is 10.8. The number of rotatable bonds is 6. The Morgan fingerprint density at radius 1 is 0.970 bits per heavy atom. The molecule has 0 unspecified atom stereocenters. The van der Waals surface area contributed by atoms with E-state index in [9.17, 15) is 18.8 Å². The van der Waals surface area contributed by atoms with Crippen molar-refractivity contribution in [3.63, 3.8) is 0 Å². The highest BCUT2D eigenvalue weighted by Gasteiger charge is 2.35. The van der Waals surface area contributed by atoms with Gasteiger partial charge in [-0.15, -0.1) is 0 Å². The lowest BCUT2D eigenvalue weighted by atomic mass is 9.88. The van der Waals surface area contributed by atoms with E-state index in [-0.39, 0.29) is 17.4 Å². The Hall–Kier alpha value is -2.56. The molecule has 1 aliphatic carbocycles. The van der Waals surface area contributed by atoms with Crippen LogP contribution in [-0.2, 0) is 11.2 Å². The van der Waals surface area contributed by atoms with Crippen LogP contribution in [0, 0.1) is 11.7 Å². The number of carbonyl (C=O) groups excluding carboxylic acids is 3. The van der Waals surface area contributed by atoms with Crippen LogP contribution in [0.15, 0.2) is 45.7 Å². The summed E-state index contributed by atoms with van der Waals surface area (Å²) in [4.78, 5) is 40.5. The lowest BCUT2D eigenvalue weighted by molar-refractivity contribution is -0.134. The first kappa shape index (κ1) is 23.6. The van der Waals surface area contributed by atoms with Crippen molar-refractivity contribution >= 4 is 53.9 Å². The maximum atomic E-state index is 14.6. The third kappa shape index (κ3) is 5.34. The van der Waals surface area contributed by atoms with Crippen molar-refractivity contribution < 1.29 is 18.8 Å². The Balaban J connectivity index is 1.49. The van der Waals surface area contributed by atoms with Gasteiger partial charge in [0.05, 0.1) is 34.1 Å². The fourth-order valence-corrected chi connectivity index (χ4v) is 4.48. The first-order valence-corrected chi connectivity index (χ1v) is 11.8. The summed E-state index contributed by atoms with van der Waals surface area (Å²) in [5, 5.41) is 0. The summed E-state index contributed by atoms with van der Waals surface area (Å²) in [6.45, 7) is 1.71. The quantitative estimate of drug-likeness (QED) is 0.312. The predicted molar refractivity (Wildman–Crippen MR) is 132 cm³/mol. The molecule has 0 bridgehead atoms. The van der Waals surface area contributed by atoms with Crippen LogP contribution in [0.5, 0.6) is 0 Å². The molecule has 1 saturated carbocycles. The molecule has 1 heterocycles. The second kappa shape index (κ2) is 10.2. The van der Waals surface area contributed by atoms with Gasteiger partial charge in [-0.25, -0.2) is 7.60 Å². The lowest BCUT2D eigenvalue weighted by Gasteiger charge is -2.35. The topological polar surface area (TPSA) is 70.1 Å². The van der Waals surface area contributed by atoms with E-state index in [1.54, 1.807) is 40.1 Å². The predicted octanol–water partition coefficient (Wildman–Crippen LogP) is 3.21. The van der Waals surface area contributed by atoms with Crippen molar-refractivity contribution in [2.24, 2.45) is 9.12 Å². The molecule has 2 fully saturated rings. The van der Waals surface area contributed by atoms with E-state index in [1.165, 1.54) is 12.1 Å². The third-order valence-electron chi connectivity index (χ3n) is 6.04. The first-order chi connectivity index (χ1) is 15.9. The normalized spacial score (nSPS) is 16.6. The number of piperazine rings is 1. The molecule has 2 amide bonds. The molecule has 9 heteroatoms. The van der Waals surface area contributed by atoms with Gasteiger partial charge < -0.3 is 14.6 Å². The molecule has 33 heavy (non-hydrogen) atoms. The van der Waals surface area contributed by atoms with E-state index in [4.69, 9.17) is 7.85 Å². The maximum Gasteiger partial charge on any atom is 0.256 e. The second-order valence-electron chi connectivity index (χ2n) is 8.32. The van der Waals surface area contributed by atoms with E-state index >= 15 is 0 Å². The highest BCUT2D eigenvalue weighted by atomic mass is 127. The summed E-state index contributed by atoms with van der Waals surface area (Å²) in [5.74, 6) is -0.670. The molecule has 0 N–H and O–H groups in total. The van der Waals surface area contributed by atoms with Gasteiger partial charge in [0.2, 0.25) is 5.91 Å². The highest BCUT2D eigenvalue weighted by molar-refractivity contribution is 14.1. The fraction of sp³-hybridized carbons (Fsp3) is 0.333. The minimum Gasteiger partial charge on any atom is -0.339 e. The van der Waals surface area contributed by atoms with E-state index in [0.717, 1.165) is 12.8 Å². The number of halogens is 2. The zero-order chi connectivity index (χ0) is 23.5. The molecule has 2 radical (unpaired) electrons. The van der Waals surface area contributed by atoms with Gasteiger partial charge in [-0.05, 0) is 30.5 Å². The van der Waals surface area contributed by atoms with Gasteiger partial charge in [0.25, 0.3) is 5.91 Å². The van der Waals surface area contributed by atoms with Crippen LogP contribution in [0.2, 0.25) is 0 Å². The molecule has 0 atom stereocenters. The Morgan fingerprint density at radius 3 is 2.21 bits per heavy atom. The molecule has 1 saturated heterocycles. The van der Waals surface area contributed by atoms with Gasteiger partial charge in [0.15, 0.2) is 7.85 Å². The Bertz CT molecular complexity index is 1130. The summed E-state index contributed by atoms with van der Waals surface area (Å²) < 4.78 is 18.9. The van der Waals surface area contributed by atoms with Crippen molar-refractivity contribution in [3.05, 3.63) is 70.5 Å². The van der Waals surface area contributed by atoms with Crippen LogP contribution in [0.3, 0.4) is 0 Å². The molecule has 0 spiro atoms. The monoisotopic (exact) mass is 557 g/mol. The molecule has 2 aromatic rings. The van der Waals surface area contributed by atoms with E-state index < -0.39 is 17.4 Å². The molecule has 0 aromatic heterocycles. The lowest BCUT2D eigenvalue weighted by Crippen LogP contribution is -2.51. The molecule has 6 nitrogen and oxygen atoms in total. The average molecular weight is 557 g/mol. The van der Waals surface area contributed by atoms with Crippen LogP contribution in [-0.4, -0.2) is 67.0 Å². The third-order valence-corrected chi connectivity index (χ3v) is 6.63. The van der Waals surface area contributed by atoms with Gasteiger partial charge in [-0.3, -0.25) is 9.59 Å². The maximum absolute atomic E-state index is 14.6. The summed E-state index contributed by atoms with van der Waals surface area (Å²) in [6, 6.07) is 11.3. The molecule has 168 valence electrons. The Morgan fingerprint density at radius 2 is 1.61 bits per heavy atom. The fourth-order valence-electron chi connectivity index (χ4n) is 4.05. The number of hydrogen-bond acceptors (Lipinski definition) is 4. The van der Waals surface area contributed by atoms with Crippen LogP contribution in [0.1, 0.15) is 44.7 Å². The molecule has 2 aliphatic rings. The largest absolute Gasteiger partial charge is 0.339 e. The standard InChI is InChI=1S/C24H22BFIN3O3/c25-22(31)18-4-2-1-3-17(18)21(28-27)14-15-5-8-20(26)19(13-15)24(33)30-11-9-29(10-12-30)23(32)16-6-7-16/h1-5,8,13,16H,6-7,9-12,14H2.